The molecule has 0 bridgehead atoms. The molecule has 1 aromatic carbocycles. The second-order valence-corrected chi connectivity index (χ2v) is 6.75. The standard InChI is InChI=1S/C19H20INO6/c1-4-25-18(23)15-11(3)16(19(24)26-5-2)21-14(15)10-27-17(22)12-7-6-8-13(20)9-12/h6-9,21H,4-5,10H2,1-3H3. The molecule has 1 heterocycles. The lowest BCUT2D eigenvalue weighted by molar-refractivity contribution is 0.0445. The molecule has 0 fully saturated rings. The maximum atomic E-state index is 12.3. The highest BCUT2D eigenvalue weighted by Crippen LogP contribution is 2.22. The van der Waals surface area contributed by atoms with E-state index in [1.807, 2.05) is 6.07 Å². The Bertz CT molecular complexity index is 858. The summed E-state index contributed by atoms with van der Waals surface area (Å²) in [5, 5.41) is 0. The molecule has 0 aliphatic rings. The van der Waals surface area contributed by atoms with Crippen LogP contribution in [0.2, 0.25) is 0 Å². The second-order valence-electron chi connectivity index (χ2n) is 5.51. The number of rotatable bonds is 7. The monoisotopic (exact) mass is 485 g/mol. The van der Waals surface area contributed by atoms with Gasteiger partial charge in [0.1, 0.15) is 12.3 Å². The highest BCUT2D eigenvalue weighted by Gasteiger charge is 2.26. The Hall–Kier alpha value is -2.36. The predicted octanol–water partition coefficient (Wildman–Crippen LogP) is 3.64. The normalized spacial score (nSPS) is 10.4. The van der Waals surface area contributed by atoms with Crippen LogP contribution in [0, 0.1) is 10.5 Å². The number of esters is 3. The molecule has 0 atom stereocenters. The summed E-state index contributed by atoms with van der Waals surface area (Å²) in [4.78, 5) is 39.5. The van der Waals surface area contributed by atoms with Crippen molar-refractivity contribution >= 4 is 40.5 Å². The molecule has 7 nitrogen and oxygen atoms in total. The average molecular weight is 485 g/mol. The minimum absolute atomic E-state index is 0.139. The number of aromatic amines is 1. The average Bonchev–Trinajstić information content (AvgIpc) is 2.96. The molecular formula is C19H20INO6. The van der Waals surface area contributed by atoms with E-state index < -0.39 is 17.9 Å². The Kier molecular flexibility index (Phi) is 7.40. The quantitative estimate of drug-likeness (QED) is 0.366. The van der Waals surface area contributed by atoms with E-state index in [0.29, 0.717) is 11.1 Å². The number of benzene rings is 1. The Balaban J connectivity index is 2.28. The summed E-state index contributed by atoms with van der Waals surface area (Å²) in [6.07, 6.45) is 0. The molecule has 0 spiro atoms. The topological polar surface area (TPSA) is 94.7 Å². The number of hydrogen-bond donors (Lipinski definition) is 1. The summed E-state index contributed by atoms with van der Waals surface area (Å²) in [6, 6.07) is 6.94. The summed E-state index contributed by atoms with van der Waals surface area (Å²) in [5.74, 6) is -1.72. The third-order valence-corrected chi connectivity index (χ3v) is 4.37. The minimum atomic E-state index is -0.595. The van der Waals surface area contributed by atoms with E-state index in [1.54, 1.807) is 39.0 Å². The third kappa shape index (κ3) is 5.09. The lowest BCUT2D eigenvalue weighted by Gasteiger charge is -2.07. The van der Waals surface area contributed by atoms with E-state index in [4.69, 9.17) is 14.2 Å². The van der Waals surface area contributed by atoms with Gasteiger partial charge in [-0.3, -0.25) is 0 Å². The van der Waals surface area contributed by atoms with Crippen LogP contribution in [0.1, 0.15) is 56.3 Å². The fraction of sp³-hybridized carbons (Fsp3) is 0.316. The SMILES string of the molecule is CCOC(=O)c1[nH]c(COC(=O)c2cccc(I)c2)c(C(=O)OCC)c1C. The Morgan fingerprint density at radius 1 is 1.00 bits per heavy atom. The molecule has 144 valence electrons. The lowest BCUT2D eigenvalue weighted by Crippen LogP contribution is -2.11. The van der Waals surface area contributed by atoms with Crippen LogP contribution in [0.5, 0.6) is 0 Å². The smallest absolute Gasteiger partial charge is 0.355 e. The van der Waals surface area contributed by atoms with Gasteiger partial charge in [0.2, 0.25) is 0 Å². The van der Waals surface area contributed by atoms with Crippen molar-refractivity contribution in [1.29, 1.82) is 0 Å². The molecule has 0 saturated carbocycles. The number of carbonyl (C=O) groups excluding carboxylic acids is 3. The van der Waals surface area contributed by atoms with Gasteiger partial charge in [-0.25, -0.2) is 14.4 Å². The molecule has 1 N–H and O–H groups in total. The molecule has 2 rings (SSSR count). The maximum Gasteiger partial charge on any atom is 0.355 e. The summed E-state index contributed by atoms with van der Waals surface area (Å²) >= 11 is 2.10. The van der Waals surface area contributed by atoms with Crippen molar-refractivity contribution in [1.82, 2.24) is 4.98 Å². The molecule has 0 aliphatic carbocycles. The summed E-state index contributed by atoms with van der Waals surface area (Å²) < 4.78 is 16.3. The number of hydrogen-bond acceptors (Lipinski definition) is 6. The van der Waals surface area contributed by atoms with Gasteiger partial charge < -0.3 is 19.2 Å². The number of H-pyrrole nitrogens is 1. The first kappa shape index (κ1) is 20.9. The van der Waals surface area contributed by atoms with Crippen molar-refractivity contribution in [2.75, 3.05) is 13.2 Å². The van der Waals surface area contributed by atoms with E-state index in [2.05, 4.69) is 27.6 Å². The highest BCUT2D eigenvalue weighted by atomic mass is 127. The Labute approximate surface area is 170 Å². The van der Waals surface area contributed by atoms with Gasteiger partial charge in [-0.2, -0.15) is 0 Å². The van der Waals surface area contributed by atoms with Gasteiger partial charge in [0.25, 0.3) is 0 Å². The number of nitrogens with one attached hydrogen (secondary N) is 1. The summed E-state index contributed by atoms with van der Waals surface area (Å²) in [6.45, 7) is 5.15. The van der Waals surface area contributed by atoms with Crippen LogP contribution in [0.4, 0.5) is 0 Å². The molecular weight excluding hydrogens is 465 g/mol. The van der Waals surface area contributed by atoms with E-state index >= 15 is 0 Å². The fourth-order valence-corrected chi connectivity index (χ4v) is 3.03. The van der Waals surface area contributed by atoms with Crippen LogP contribution >= 0.6 is 22.6 Å². The summed E-state index contributed by atoms with van der Waals surface area (Å²) in [5.41, 5.74) is 1.39. The zero-order valence-electron chi connectivity index (χ0n) is 15.3. The van der Waals surface area contributed by atoms with E-state index in [0.717, 1.165) is 3.57 Å². The van der Waals surface area contributed by atoms with Crippen molar-refractivity contribution < 1.29 is 28.6 Å². The van der Waals surface area contributed by atoms with Gasteiger partial charge in [0, 0.05) is 3.57 Å². The molecule has 1 aromatic heterocycles. The lowest BCUT2D eigenvalue weighted by atomic mass is 10.1. The van der Waals surface area contributed by atoms with Crippen LogP contribution < -0.4 is 0 Å². The van der Waals surface area contributed by atoms with E-state index in [1.165, 1.54) is 0 Å². The highest BCUT2D eigenvalue weighted by molar-refractivity contribution is 14.1. The molecule has 0 amide bonds. The van der Waals surface area contributed by atoms with Crippen LogP contribution in [0.25, 0.3) is 0 Å². The number of halogens is 1. The second kappa shape index (κ2) is 9.54. The van der Waals surface area contributed by atoms with Gasteiger partial charge in [-0.1, -0.05) is 6.07 Å². The van der Waals surface area contributed by atoms with Crippen molar-refractivity contribution in [3.63, 3.8) is 0 Å². The van der Waals surface area contributed by atoms with Crippen LogP contribution in [0.3, 0.4) is 0 Å². The fourth-order valence-electron chi connectivity index (χ4n) is 2.49. The van der Waals surface area contributed by atoms with Crippen LogP contribution in [-0.2, 0) is 20.8 Å². The number of carbonyl (C=O) groups is 3. The predicted molar refractivity (Wildman–Crippen MR) is 106 cm³/mol. The third-order valence-electron chi connectivity index (χ3n) is 3.69. The molecule has 2 aromatic rings. The number of ether oxygens (including phenoxy) is 3. The van der Waals surface area contributed by atoms with Crippen LogP contribution in [-0.4, -0.2) is 36.1 Å². The first-order valence-corrected chi connectivity index (χ1v) is 9.45. The minimum Gasteiger partial charge on any atom is -0.462 e. The Morgan fingerprint density at radius 2 is 1.67 bits per heavy atom. The van der Waals surface area contributed by atoms with Gasteiger partial charge in [0.05, 0.1) is 30.0 Å². The number of aromatic nitrogens is 1. The van der Waals surface area contributed by atoms with Crippen molar-refractivity contribution in [3.8, 4) is 0 Å². The maximum absolute atomic E-state index is 12.3. The van der Waals surface area contributed by atoms with Crippen LogP contribution in [0.15, 0.2) is 24.3 Å². The van der Waals surface area contributed by atoms with Crippen molar-refractivity contribution in [2.24, 2.45) is 0 Å². The first-order valence-electron chi connectivity index (χ1n) is 8.37. The summed E-state index contributed by atoms with van der Waals surface area (Å²) in [7, 11) is 0. The zero-order chi connectivity index (χ0) is 20.0. The molecule has 0 saturated heterocycles. The molecule has 0 radical (unpaired) electrons. The molecule has 8 heteroatoms. The van der Waals surface area contributed by atoms with Gasteiger partial charge in [-0.05, 0) is 67.1 Å². The van der Waals surface area contributed by atoms with Gasteiger partial charge >= 0.3 is 17.9 Å². The van der Waals surface area contributed by atoms with E-state index in [-0.39, 0.29) is 36.8 Å². The first-order chi connectivity index (χ1) is 12.9. The van der Waals surface area contributed by atoms with E-state index in [9.17, 15) is 14.4 Å². The largest absolute Gasteiger partial charge is 0.462 e. The Morgan fingerprint density at radius 3 is 2.30 bits per heavy atom. The zero-order valence-corrected chi connectivity index (χ0v) is 17.4. The van der Waals surface area contributed by atoms with Gasteiger partial charge in [0.15, 0.2) is 0 Å². The van der Waals surface area contributed by atoms with Gasteiger partial charge in [-0.15, -0.1) is 0 Å². The molecule has 0 aliphatic heterocycles. The van der Waals surface area contributed by atoms with Crippen molar-refractivity contribution in [3.05, 3.63) is 55.9 Å². The molecule has 27 heavy (non-hydrogen) atoms. The van der Waals surface area contributed by atoms with Crippen molar-refractivity contribution in [2.45, 2.75) is 27.4 Å². The molecule has 0 unspecified atom stereocenters.